The Hall–Kier alpha value is -2.11. The molecule has 0 N–H and O–H groups in total. The quantitative estimate of drug-likeness (QED) is 0.527. The van der Waals surface area contributed by atoms with Crippen LogP contribution in [0, 0.1) is 63.7 Å². The monoisotopic (exact) mass is 441 g/mol. The van der Waals surface area contributed by atoms with Gasteiger partial charge in [-0.15, -0.1) is 0 Å². The Balaban J connectivity index is 0.000000376. The predicted octanol–water partition coefficient (Wildman–Crippen LogP) is 3.08. The third kappa shape index (κ3) is 5.96. The van der Waals surface area contributed by atoms with E-state index in [0.717, 1.165) is 5.56 Å². The molecule has 1 aliphatic heterocycles. The van der Waals surface area contributed by atoms with Crippen molar-refractivity contribution in [2.45, 2.75) is 6.54 Å². The van der Waals surface area contributed by atoms with Gasteiger partial charge in [-0.3, -0.25) is 4.79 Å². The molecular weight excluding hydrogens is 422 g/mol. The number of carbonyl (C=O) groups excluding carboxylic acids is 1. The van der Waals surface area contributed by atoms with Gasteiger partial charge in [-0.2, -0.15) is 5.10 Å². The number of carbonyl (C=O) groups is 1. The summed E-state index contributed by atoms with van der Waals surface area (Å²) in [5.41, 5.74) is 1.49. The average Bonchev–Trinajstić information content (AvgIpc) is 3.55. The van der Waals surface area contributed by atoms with Gasteiger partial charge in [-0.05, 0) is 81.6 Å². The average molecular weight is 441 g/mol. The van der Waals surface area contributed by atoms with Crippen molar-refractivity contribution in [1.29, 1.82) is 0 Å². The number of allylic oxidation sites excluding steroid dienone is 1. The van der Waals surface area contributed by atoms with E-state index in [1.54, 1.807) is 23.9 Å². The first-order valence-electron chi connectivity index (χ1n) is 9.15. The van der Waals surface area contributed by atoms with Gasteiger partial charge < -0.3 is 9.47 Å². The van der Waals surface area contributed by atoms with Crippen LogP contribution in [0.2, 0.25) is 0 Å². The largest absolute Gasteiger partial charge is 2.00 e. The van der Waals surface area contributed by atoms with E-state index in [9.17, 15) is 4.79 Å². The fourth-order valence-corrected chi connectivity index (χ4v) is 2.91. The number of fused-ring (bicyclic) bond motifs is 1. The van der Waals surface area contributed by atoms with E-state index in [1.165, 1.54) is 6.33 Å². The Morgan fingerprint density at radius 2 is 1.70 bits per heavy atom. The molecule has 0 bridgehead atoms. The van der Waals surface area contributed by atoms with Crippen molar-refractivity contribution >= 4 is 11.9 Å². The van der Waals surface area contributed by atoms with Crippen molar-refractivity contribution in [3.8, 4) is 11.5 Å². The SMILES string of the molecule is O=C([C]1[CH][CH][CH][CH]1)/C(=C/c1ccc2c(c1)OCO2)Cn1cncn1.[CH]1[CH][CH][CH][CH]1.[Fe+2]. The second kappa shape index (κ2) is 11.3. The molecule has 1 aromatic heterocycles. The van der Waals surface area contributed by atoms with Crippen molar-refractivity contribution in [1.82, 2.24) is 14.8 Å². The van der Waals surface area contributed by atoms with E-state index < -0.39 is 0 Å². The second-order valence-electron chi connectivity index (χ2n) is 6.34. The maximum Gasteiger partial charge on any atom is 2.00 e. The molecule has 0 saturated heterocycles. The number of Topliss-reactive ketones (excluding diaryl/α,β-unsaturated/α-hetero) is 1. The summed E-state index contributed by atoms with van der Waals surface area (Å²) in [5, 5.41) is 4.09. The predicted molar refractivity (Wildman–Crippen MR) is 108 cm³/mol. The maximum absolute atomic E-state index is 12.8. The van der Waals surface area contributed by atoms with Crippen LogP contribution in [0.15, 0.2) is 36.4 Å². The molecule has 2 fully saturated rings. The summed E-state index contributed by atoms with van der Waals surface area (Å²) in [4.78, 5) is 16.7. The molecule has 0 spiro atoms. The molecule has 1 aromatic carbocycles. The summed E-state index contributed by atoms with van der Waals surface area (Å²) in [5.74, 6) is 2.02. The molecule has 150 valence electrons. The van der Waals surface area contributed by atoms with E-state index in [2.05, 4.69) is 10.1 Å². The number of ketones is 1. The minimum Gasteiger partial charge on any atom is -0.454 e. The van der Waals surface area contributed by atoms with E-state index in [4.69, 9.17) is 9.47 Å². The molecule has 0 unspecified atom stereocenters. The van der Waals surface area contributed by atoms with Crippen LogP contribution >= 0.6 is 0 Å². The van der Waals surface area contributed by atoms with E-state index in [1.807, 2.05) is 69.2 Å². The molecule has 6 nitrogen and oxygen atoms in total. The van der Waals surface area contributed by atoms with Gasteiger partial charge in [-0.25, -0.2) is 9.67 Å². The first-order chi connectivity index (χ1) is 14.3. The summed E-state index contributed by atoms with van der Waals surface area (Å²) < 4.78 is 12.3. The Bertz CT molecular complexity index is 834. The van der Waals surface area contributed by atoms with Crippen molar-refractivity contribution in [3.63, 3.8) is 0 Å². The number of hydrogen-bond donors (Lipinski definition) is 0. The molecule has 3 aliphatic rings. The van der Waals surface area contributed by atoms with Crippen LogP contribution in [0.4, 0.5) is 0 Å². The molecule has 7 heteroatoms. The summed E-state index contributed by atoms with van der Waals surface area (Å²) in [7, 11) is 0. The van der Waals surface area contributed by atoms with Gasteiger partial charge in [-0.1, -0.05) is 6.07 Å². The van der Waals surface area contributed by atoms with Crippen molar-refractivity contribution < 1.29 is 31.3 Å². The van der Waals surface area contributed by atoms with Crippen molar-refractivity contribution in [2.75, 3.05) is 6.79 Å². The topological polar surface area (TPSA) is 66.2 Å². The van der Waals surface area contributed by atoms with Crippen molar-refractivity contribution in [2.24, 2.45) is 0 Å². The Morgan fingerprint density at radius 3 is 2.37 bits per heavy atom. The Kier molecular flexibility index (Phi) is 8.52. The summed E-state index contributed by atoms with van der Waals surface area (Å²) >= 11 is 0. The van der Waals surface area contributed by atoms with Gasteiger partial charge in [0.15, 0.2) is 17.3 Å². The van der Waals surface area contributed by atoms with Crippen LogP contribution in [0.1, 0.15) is 5.56 Å². The minimum atomic E-state index is -0.0341. The molecule has 2 aromatic rings. The second-order valence-corrected chi connectivity index (χ2v) is 6.34. The third-order valence-corrected chi connectivity index (χ3v) is 4.31. The van der Waals surface area contributed by atoms with Gasteiger partial charge in [0.2, 0.25) is 6.79 Å². The molecule has 2 heterocycles. The number of hydrogen-bond acceptors (Lipinski definition) is 5. The van der Waals surface area contributed by atoms with Crippen LogP contribution in [0.5, 0.6) is 11.5 Å². The van der Waals surface area contributed by atoms with Crippen LogP contribution < -0.4 is 9.47 Å². The molecular formula is C23H19FeN3O3+2. The number of aromatic nitrogens is 3. The van der Waals surface area contributed by atoms with Crippen LogP contribution in [-0.4, -0.2) is 27.3 Å². The molecule has 2 saturated carbocycles. The van der Waals surface area contributed by atoms with E-state index >= 15 is 0 Å². The summed E-state index contributed by atoms with van der Waals surface area (Å²) in [6, 6.07) is 5.60. The molecule has 10 radical (unpaired) electrons. The minimum absolute atomic E-state index is 0. The number of rotatable bonds is 5. The molecule has 2 aliphatic carbocycles. The van der Waals surface area contributed by atoms with Crippen LogP contribution in [-0.2, 0) is 28.4 Å². The van der Waals surface area contributed by atoms with E-state index in [-0.39, 0.29) is 29.6 Å². The summed E-state index contributed by atoms with van der Waals surface area (Å²) in [6.07, 6.45) is 22.2. The standard InChI is InChI=1S/C18H14N3O3.C5H5.Fe/c22-18(14-3-1-2-4-14)15(9-21-11-19-10-20-21)7-13-5-6-16-17(8-13)24-12-23-16;1-2-4-5-3-1;/h1-8,10-11H,9,12H2;1-5H;/q;;+2/b15-7+;;. The zero-order valence-corrected chi connectivity index (χ0v) is 17.1. The molecule has 0 atom stereocenters. The number of nitrogens with zero attached hydrogens (tertiary/aromatic N) is 3. The Labute approximate surface area is 188 Å². The maximum atomic E-state index is 12.8. The zero-order valence-electron chi connectivity index (χ0n) is 16.0. The first-order valence-corrected chi connectivity index (χ1v) is 9.15. The smallest absolute Gasteiger partial charge is 0.454 e. The normalized spacial score (nSPS) is 17.9. The van der Waals surface area contributed by atoms with Gasteiger partial charge in [0.25, 0.3) is 0 Å². The molecule has 0 amide bonds. The van der Waals surface area contributed by atoms with Gasteiger partial charge in [0.1, 0.15) is 12.7 Å². The van der Waals surface area contributed by atoms with Crippen LogP contribution in [0.25, 0.3) is 6.08 Å². The first kappa shape index (κ1) is 22.6. The number of benzene rings is 1. The molecule has 5 rings (SSSR count). The number of ether oxygens (including phenoxy) is 2. The van der Waals surface area contributed by atoms with Gasteiger partial charge >= 0.3 is 17.1 Å². The molecule has 30 heavy (non-hydrogen) atoms. The van der Waals surface area contributed by atoms with Gasteiger partial charge in [0, 0.05) is 5.57 Å². The summed E-state index contributed by atoms with van der Waals surface area (Å²) in [6.45, 7) is 0.569. The van der Waals surface area contributed by atoms with Crippen molar-refractivity contribution in [3.05, 3.63) is 106 Å². The zero-order chi connectivity index (χ0) is 19.9. The third-order valence-electron chi connectivity index (χ3n) is 4.31. The van der Waals surface area contributed by atoms with Crippen LogP contribution in [0.3, 0.4) is 0 Å². The fourth-order valence-electron chi connectivity index (χ4n) is 2.91. The fraction of sp³-hybridized carbons (Fsp3) is 0.0870. The Morgan fingerprint density at radius 1 is 1.00 bits per heavy atom. The van der Waals surface area contributed by atoms with Gasteiger partial charge in [0.05, 0.1) is 12.5 Å². The van der Waals surface area contributed by atoms with E-state index in [0.29, 0.717) is 29.5 Å².